The normalized spacial score (nSPS) is 17.5. The first-order chi connectivity index (χ1) is 19.5. The average Bonchev–Trinajstić information content (AvgIpc) is 3.80. The van der Waals surface area contributed by atoms with Crippen LogP contribution in [0.15, 0.2) is 43.0 Å². The highest BCUT2D eigenvalue weighted by atomic mass is 32.2. The number of rotatable bonds is 10. The average molecular weight is 603 g/mol. The fraction of sp³-hybridized carbons (Fsp3) is 0.440. The minimum atomic E-state index is -3.59. The Hall–Kier alpha value is -3.76. The molecule has 2 fully saturated rings. The number of amides is 1. The van der Waals surface area contributed by atoms with Gasteiger partial charge in [-0.25, -0.2) is 41.1 Å². The van der Waals surface area contributed by atoms with E-state index in [1.165, 1.54) is 29.0 Å². The summed E-state index contributed by atoms with van der Waals surface area (Å²) in [5, 5.41) is 2.35. The molecule has 0 spiro atoms. The molecular weight excluding hydrogens is 572 g/mol. The number of nitrogens with one attached hydrogen (secondary N) is 2. The van der Waals surface area contributed by atoms with Crippen molar-refractivity contribution in [3.8, 4) is 17.1 Å². The standard InChI is InChI=1S/C25H30N8O6S2/c1-3-39-22-16-26-15-19(29-22)17-4-7-20(28-14-17)31-24(34)25(9-12-33(13-10-25)40(2,35)36)23-27-11-8-21(30-23)32-41(37,38)18-5-6-18/h4,7-8,11,14-16,18H,3,5-6,9-10,12-13H2,1-2H3,(H,27,30,32)(H,28,31,34). The van der Waals surface area contributed by atoms with Gasteiger partial charge < -0.3 is 10.1 Å². The van der Waals surface area contributed by atoms with E-state index < -0.39 is 36.6 Å². The van der Waals surface area contributed by atoms with Crippen molar-refractivity contribution in [1.82, 2.24) is 29.2 Å². The molecule has 2 aliphatic rings. The van der Waals surface area contributed by atoms with E-state index in [4.69, 9.17) is 4.74 Å². The molecule has 3 aromatic heterocycles. The number of pyridine rings is 1. The number of nitrogens with zero attached hydrogens (tertiary/aromatic N) is 6. The predicted octanol–water partition coefficient (Wildman–Crippen LogP) is 1.56. The molecule has 1 saturated carbocycles. The highest BCUT2D eigenvalue weighted by Gasteiger charge is 2.47. The SMILES string of the molecule is CCOc1cncc(-c2ccc(NC(=O)C3(c4nccc(NS(=O)(=O)C5CC5)n4)CCN(S(C)(=O)=O)CC3)nc2)n1. The Labute approximate surface area is 238 Å². The van der Waals surface area contributed by atoms with Gasteiger partial charge in [0.15, 0.2) is 0 Å². The molecular formula is C25H30N8O6S2. The van der Waals surface area contributed by atoms with Crippen LogP contribution in [0.2, 0.25) is 0 Å². The molecule has 1 aliphatic heterocycles. The smallest absolute Gasteiger partial charge is 0.239 e. The van der Waals surface area contributed by atoms with Gasteiger partial charge in [-0.2, -0.15) is 0 Å². The maximum absolute atomic E-state index is 13.9. The highest BCUT2D eigenvalue weighted by molar-refractivity contribution is 7.93. The molecule has 218 valence electrons. The first-order valence-electron chi connectivity index (χ1n) is 13.0. The number of piperidine rings is 1. The third-order valence-corrected chi connectivity index (χ3v) is 10.1. The predicted molar refractivity (Wildman–Crippen MR) is 150 cm³/mol. The second-order valence-electron chi connectivity index (χ2n) is 9.92. The second-order valence-corrected chi connectivity index (χ2v) is 13.9. The minimum absolute atomic E-state index is 0.0532. The molecule has 41 heavy (non-hydrogen) atoms. The second kappa shape index (κ2) is 11.3. The number of ether oxygens (including phenoxy) is 1. The van der Waals surface area contributed by atoms with E-state index in [1.54, 1.807) is 18.3 Å². The Morgan fingerprint density at radius 1 is 1.02 bits per heavy atom. The molecule has 1 aliphatic carbocycles. The molecule has 4 heterocycles. The lowest BCUT2D eigenvalue weighted by molar-refractivity contribution is -0.123. The summed E-state index contributed by atoms with van der Waals surface area (Å²) in [6.45, 7) is 2.42. The molecule has 0 aromatic carbocycles. The van der Waals surface area contributed by atoms with Gasteiger partial charge in [0.25, 0.3) is 0 Å². The van der Waals surface area contributed by atoms with Crippen molar-refractivity contribution >= 4 is 37.6 Å². The molecule has 14 nitrogen and oxygen atoms in total. The molecule has 3 aromatic rings. The van der Waals surface area contributed by atoms with E-state index in [9.17, 15) is 21.6 Å². The number of carbonyl (C=O) groups is 1. The number of carbonyl (C=O) groups excluding carboxylic acids is 1. The largest absolute Gasteiger partial charge is 0.477 e. The highest BCUT2D eigenvalue weighted by Crippen LogP contribution is 2.36. The Bertz CT molecular complexity index is 1640. The van der Waals surface area contributed by atoms with Gasteiger partial charge in [-0.1, -0.05) is 0 Å². The summed E-state index contributed by atoms with van der Waals surface area (Å²) in [7, 11) is -7.07. The molecule has 1 amide bonds. The topological polar surface area (TPSA) is 186 Å². The van der Waals surface area contributed by atoms with Crippen LogP contribution in [0.25, 0.3) is 11.3 Å². The summed E-state index contributed by atoms with van der Waals surface area (Å²) in [5.74, 6) is 0.303. The maximum atomic E-state index is 13.9. The Balaban J connectivity index is 1.41. The third-order valence-electron chi connectivity index (χ3n) is 6.98. The van der Waals surface area contributed by atoms with Gasteiger partial charge in [0.2, 0.25) is 31.8 Å². The zero-order valence-electron chi connectivity index (χ0n) is 22.5. The van der Waals surface area contributed by atoms with Gasteiger partial charge in [-0.3, -0.25) is 14.5 Å². The van der Waals surface area contributed by atoms with E-state index in [-0.39, 0.29) is 43.4 Å². The van der Waals surface area contributed by atoms with Crippen LogP contribution in [0.1, 0.15) is 38.4 Å². The number of hydrogen-bond donors (Lipinski definition) is 2. The van der Waals surface area contributed by atoms with Crippen molar-refractivity contribution in [3.05, 3.63) is 48.8 Å². The molecule has 5 rings (SSSR count). The minimum Gasteiger partial charge on any atom is -0.477 e. The Kier molecular flexibility index (Phi) is 7.89. The van der Waals surface area contributed by atoms with Crippen LogP contribution in [-0.4, -0.2) is 83.2 Å². The van der Waals surface area contributed by atoms with E-state index in [0.717, 1.165) is 6.26 Å². The quantitative estimate of drug-likeness (QED) is 0.343. The summed E-state index contributed by atoms with van der Waals surface area (Å²) >= 11 is 0. The Morgan fingerprint density at radius 2 is 1.78 bits per heavy atom. The van der Waals surface area contributed by atoms with Gasteiger partial charge in [-0.05, 0) is 50.8 Å². The molecule has 0 atom stereocenters. The van der Waals surface area contributed by atoms with E-state index in [0.29, 0.717) is 36.6 Å². The molecule has 0 bridgehead atoms. The first-order valence-corrected chi connectivity index (χ1v) is 16.4. The Morgan fingerprint density at radius 3 is 2.41 bits per heavy atom. The van der Waals surface area contributed by atoms with Crippen LogP contribution in [0.5, 0.6) is 5.88 Å². The summed E-state index contributed by atoms with van der Waals surface area (Å²) < 4.78 is 58.5. The summed E-state index contributed by atoms with van der Waals surface area (Å²) in [6, 6.07) is 4.76. The monoisotopic (exact) mass is 602 g/mol. The molecule has 0 radical (unpaired) electrons. The van der Waals surface area contributed by atoms with Crippen LogP contribution in [0.3, 0.4) is 0 Å². The zero-order chi connectivity index (χ0) is 29.3. The summed E-state index contributed by atoms with van der Waals surface area (Å²) in [4.78, 5) is 35.5. The molecule has 1 saturated heterocycles. The fourth-order valence-electron chi connectivity index (χ4n) is 4.57. The third kappa shape index (κ3) is 6.44. The first kappa shape index (κ1) is 28.8. The van der Waals surface area contributed by atoms with Crippen LogP contribution in [-0.2, 0) is 30.3 Å². The number of aromatic nitrogens is 5. The lowest BCUT2D eigenvalue weighted by Crippen LogP contribution is -2.51. The number of sulfonamides is 2. The lowest BCUT2D eigenvalue weighted by atomic mass is 9.77. The van der Waals surface area contributed by atoms with Crippen molar-refractivity contribution in [1.29, 1.82) is 0 Å². The van der Waals surface area contributed by atoms with E-state index >= 15 is 0 Å². The van der Waals surface area contributed by atoms with Crippen LogP contribution >= 0.6 is 0 Å². The van der Waals surface area contributed by atoms with Gasteiger partial charge in [0.05, 0.1) is 36.2 Å². The number of anilines is 2. The van der Waals surface area contributed by atoms with Crippen molar-refractivity contribution in [2.45, 2.75) is 43.3 Å². The maximum Gasteiger partial charge on any atom is 0.239 e. The van der Waals surface area contributed by atoms with Gasteiger partial charge in [0.1, 0.15) is 22.9 Å². The van der Waals surface area contributed by atoms with Crippen LogP contribution in [0, 0.1) is 0 Å². The van der Waals surface area contributed by atoms with Crippen LogP contribution in [0.4, 0.5) is 11.6 Å². The lowest BCUT2D eigenvalue weighted by Gasteiger charge is -2.38. The van der Waals surface area contributed by atoms with Gasteiger partial charge in [-0.15, -0.1) is 0 Å². The summed E-state index contributed by atoms with van der Waals surface area (Å²) in [6.07, 6.45) is 8.46. The van der Waals surface area contributed by atoms with Crippen molar-refractivity contribution in [3.63, 3.8) is 0 Å². The van der Waals surface area contributed by atoms with E-state index in [2.05, 4.69) is 35.0 Å². The molecule has 16 heteroatoms. The zero-order valence-corrected chi connectivity index (χ0v) is 24.2. The summed E-state index contributed by atoms with van der Waals surface area (Å²) in [5.41, 5.74) is -0.128. The van der Waals surface area contributed by atoms with Crippen molar-refractivity contribution < 1.29 is 26.4 Å². The fourth-order valence-corrected chi connectivity index (χ4v) is 6.74. The molecule has 0 unspecified atom stereocenters. The molecule has 2 N–H and O–H groups in total. The van der Waals surface area contributed by atoms with Crippen LogP contribution < -0.4 is 14.8 Å². The van der Waals surface area contributed by atoms with Crippen molar-refractivity contribution in [2.24, 2.45) is 0 Å². The van der Waals surface area contributed by atoms with Gasteiger partial charge >= 0.3 is 0 Å². The number of hydrogen-bond acceptors (Lipinski definition) is 11. The van der Waals surface area contributed by atoms with Gasteiger partial charge in [0, 0.05) is 31.0 Å². The van der Waals surface area contributed by atoms with Crippen molar-refractivity contribution in [2.75, 3.05) is 36.0 Å². The van der Waals surface area contributed by atoms with E-state index in [1.807, 2.05) is 6.92 Å².